The Morgan fingerprint density at radius 3 is 2.78 bits per heavy atom. The fourth-order valence-electron chi connectivity index (χ4n) is 2.63. The highest BCUT2D eigenvalue weighted by molar-refractivity contribution is 6.32. The van der Waals surface area contributed by atoms with Crippen LogP contribution in [0.5, 0.6) is 5.75 Å². The van der Waals surface area contributed by atoms with Gasteiger partial charge in [0.05, 0.1) is 10.9 Å². The van der Waals surface area contributed by atoms with Gasteiger partial charge >= 0.3 is 0 Å². The SMILES string of the molecule is O=C(COc1ccccc1Cl)NNC(=O)C1CC(=O)Nc2cc(F)ccc21. The predicted molar refractivity (Wildman–Crippen MR) is 95.6 cm³/mol. The molecule has 0 aromatic heterocycles. The molecule has 0 bridgehead atoms. The molecule has 2 aromatic carbocycles. The summed E-state index contributed by atoms with van der Waals surface area (Å²) in [4.78, 5) is 36.0. The molecule has 1 aliphatic heterocycles. The Morgan fingerprint density at radius 1 is 1.22 bits per heavy atom. The summed E-state index contributed by atoms with van der Waals surface area (Å²) in [7, 11) is 0. The number of anilines is 1. The van der Waals surface area contributed by atoms with Crippen LogP contribution < -0.4 is 20.9 Å². The van der Waals surface area contributed by atoms with Crippen LogP contribution in [0.4, 0.5) is 10.1 Å². The maximum atomic E-state index is 13.3. The molecule has 1 aliphatic rings. The van der Waals surface area contributed by atoms with Crippen LogP contribution in [0.3, 0.4) is 0 Å². The van der Waals surface area contributed by atoms with Crippen LogP contribution in [0, 0.1) is 5.82 Å². The normalized spacial score (nSPS) is 15.3. The number of benzene rings is 2. The van der Waals surface area contributed by atoms with Gasteiger partial charge in [0.25, 0.3) is 5.91 Å². The van der Waals surface area contributed by atoms with Gasteiger partial charge in [-0.25, -0.2) is 4.39 Å². The van der Waals surface area contributed by atoms with E-state index in [1.165, 1.54) is 12.1 Å². The number of carbonyl (C=O) groups is 3. The molecule has 3 amide bonds. The van der Waals surface area contributed by atoms with E-state index in [9.17, 15) is 18.8 Å². The van der Waals surface area contributed by atoms with Gasteiger partial charge in [-0.1, -0.05) is 29.8 Å². The van der Waals surface area contributed by atoms with E-state index in [4.69, 9.17) is 16.3 Å². The maximum absolute atomic E-state index is 13.3. The zero-order chi connectivity index (χ0) is 19.4. The topological polar surface area (TPSA) is 96.5 Å². The summed E-state index contributed by atoms with van der Waals surface area (Å²) in [5, 5.41) is 2.87. The molecule has 1 heterocycles. The first kappa shape index (κ1) is 18.7. The van der Waals surface area contributed by atoms with E-state index in [1.807, 2.05) is 0 Å². The highest BCUT2D eigenvalue weighted by atomic mass is 35.5. The molecule has 9 heteroatoms. The number of halogens is 2. The first-order chi connectivity index (χ1) is 12.9. The quantitative estimate of drug-likeness (QED) is 0.696. The Bertz CT molecular complexity index is 906. The fourth-order valence-corrected chi connectivity index (χ4v) is 2.82. The molecular formula is C18H15ClFN3O4. The van der Waals surface area contributed by atoms with Gasteiger partial charge in [-0.05, 0) is 29.8 Å². The smallest absolute Gasteiger partial charge is 0.276 e. The van der Waals surface area contributed by atoms with E-state index < -0.39 is 29.5 Å². The lowest BCUT2D eigenvalue weighted by atomic mass is 9.90. The number of hydrogen-bond donors (Lipinski definition) is 3. The number of nitrogens with one attached hydrogen (secondary N) is 3. The van der Waals surface area contributed by atoms with Crippen molar-refractivity contribution in [2.75, 3.05) is 11.9 Å². The van der Waals surface area contributed by atoms with Crippen molar-refractivity contribution < 1.29 is 23.5 Å². The number of rotatable bonds is 4. The molecule has 140 valence electrons. The van der Waals surface area contributed by atoms with Gasteiger partial charge in [0.15, 0.2) is 6.61 Å². The van der Waals surface area contributed by atoms with Gasteiger partial charge in [0.1, 0.15) is 11.6 Å². The largest absolute Gasteiger partial charge is 0.482 e. The zero-order valence-electron chi connectivity index (χ0n) is 13.9. The zero-order valence-corrected chi connectivity index (χ0v) is 14.7. The van der Waals surface area contributed by atoms with Crippen LogP contribution >= 0.6 is 11.6 Å². The molecule has 2 aromatic rings. The van der Waals surface area contributed by atoms with Gasteiger partial charge in [0.2, 0.25) is 11.8 Å². The van der Waals surface area contributed by atoms with Gasteiger partial charge in [-0.2, -0.15) is 0 Å². The van der Waals surface area contributed by atoms with Crippen LogP contribution in [0.25, 0.3) is 0 Å². The van der Waals surface area contributed by atoms with Gasteiger partial charge in [-0.15, -0.1) is 0 Å². The second-order valence-corrected chi connectivity index (χ2v) is 6.20. The highest BCUT2D eigenvalue weighted by Gasteiger charge is 2.31. The average Bonchev–Trinajstić information content (AvgIpc) is 2.64. The van der Waals surface area contributed by atoms with Crippen molar-refractivity contribution in [1.29, 1.82) is 0 Å². The van der Waals surface area contributed by atoms with Crippen LogP contribution in [0.2, 0.25) is 5.02 Å². The lowest BCUT2D eigenvalue weighted by Gasteiger charge is -2.24. The summed E-state index contributed by atoms with van der Waals surface area (Å²) in [6.07, 6.45) is -0.115. The summed E-state index contributed by atoms with van der Waals surface area (Å²) in [5.41, 5.74) is 5.17. The second-order valence-electron chi connectivity index (χ2n) is 5.79. The summed E-state index contributed by atoms with van der Waals surface area (Å²) < 4.78 is 18.6. The molecule has 1 atom stereocenters. The molecule has 0 fully saturated rings. The Morgan fingerprint density at radius 2 is 2.00 bits per heavy atom. The van der Waals surface area contributed by atoms with Crippen molar-refractivity contribution in [2.45, 2.75) is 12.3 Å². The summed E-state index contributed by atoms with van der Waals surface area (Å²) in [6.45, 7) is -0.364. The molecule has 1 unspecified atom stereocenters. The average molecular weight is 392 g/mol. The number of ether oxygens (including phenoxy) is 1. The van der Waals surface area contributed by atoms with Gasteiger partial charge in [0, 0.05) is 12.1 Å². The summed E-state index contributed by atoms with van der Waals surface area (Å²) >= 11 is 5.92. The molecule has 7 nitrogen and oxygen atoms in total. The van der Waals surface area contributed by atoms with E-state index in [1.54, 1.807) is 24.3 Å². The minimum atomic E-state index is -0.848. The third-order valence-corrected chi connectivity index (χ3v) is 4.20. The number of hydrazine groups is 1. The third kappa shape index (κ3) is 4.53. The van der Waals surface area contributed by atoms with Crippen LogP contribution in [-0.2, 0) is 14.4 Å². The Kier molecular flexibility index (Phi) is 5.56. The Hall–Kier alpha value is -3.13. The maximum Gasteiger partial charge on any atom is 0.276 e. The molecule has 0 radical (unpaired) electrons. The predicted octanol–water partition coefficient (Wildman–Crippen LogP) is 2.13. The van der Waals surface area contributed by atoms with E-state index in [0.717, 1.165) is 6.07 Å². The lowest BCUT2D eigenvalue weighted by Crippen LogP contribution is -2.47. The van der Waals surface area contributed by atoms with Crippen molar-refractivity contribution in [3.05, 3.63) is 58.9 Å². The Balaban J connectivity index is 1.57. The third-order valence-electron chi connectivity index (χ3n) is 3.89. The minimum Gasteiger partial charge on any atom is -0.482 e. The Labute approximate surface area is 158 Å². The van der Waals surface area contributed by atoms with E-state index in [-0.39, 0.29) is 18.7 Å². The molecule has 3 rings (SSSR count). The highest BCUT2D eigenvalue weighted by Crippen LogP contribution is 2.32. The summed E-state index contributed by atoms with van der Waals surface area (Å²) in [5.74, 6) is -2.66. The van der Waals surface area contributed by atoms with Crippen LogP contribution in [0.1, 0.15) is 17.9 Å². The number of hydrogen-bond acceptors (Lipinski definition) is 4. The number of carbonyl (C=O) groups excluding carboxylic acids is 3. The van der Waals surface area contributed by atoms with E-state index in [0.29, 0.717) is 16.3 Å². The second kappa shape index (κ2) is 8.05. The molecule has 0 saturated carbocycles. The van der Waals surface area contributed by atoms with Crippen molar-refractivity contribution >= 4 is 35.0 Å². The molecule has 0 saturated heterocycles. The number of fused-ring (bicyclic) bond motifs is 1. The number of para-hydroxylation sites is 1. The first-order valence-corrected chi connectivity index (χ1v) is 8.37. The summed E-state index contributed by atoms with van der Waals surface area (Å²) in [6, 6.07) is 10.4. The standard InChI is InChI=1S/C18H15ClFN3O4/c19-13-3-1-2-4-15(13)27-9-17(25)22-23-18(26)12-8-16(24)21-14-7-10(20)5-6-11(12)14/h1-7,12H,8-9H2,(H,21,24)(H,22,25)(H,23,26). The van der Waals surface area contributed by atoms with Crippen molar-refractivity contribution in [3.63, 3.8) is 0 Å². The minimum absolute atomic E-state index is 0.115. The number of amides is 3. The van der Waals surface area contributed by atoms with Crippen LogP contribution in [-0.4, -0.2) is 24.3 Å². The van der Waals surface area contributed by atoms with E-state index >= 15 is 0 Å². The first-order valence-electron chi connectivity index (χ1n) is 7.99. The molecule has 3 N–H and O–H groups in total. The van der Waals surface area contributed by atoms with Gasteiger partial charge < -0.3 is 10.1 Å². The molecular weight excluding hydrogens is 377 g/mol. The molecule has 27 heavy (non-hydrogen) atoms. The van der Waals surface area contributed by atoms with E-state index in [2.05, 4.69) is 16.2 Å². The molecule has 0 spiro atoms. The fraction of sp³-hybridized carbons (Fsp3) is 0.167. The van der Waals surface area contributed by atoms with Crippen molar-refractivity contribution in [2.24, 2.45) is 0 Å². The lowest BCUT2D eigenvalue weighted by molar-refractivity contribution is -0.131. The van der Waals surface area contributed by atoms with Gasteiger partial charge in [-0.3, -0.25) is 25.2 Å². The monoisotopic (exact) mass is 391 g/mol. The van der Waals surface area contributed by atoms with Crippen LogP contribution in [0.15, 0.2) is 42.5 Å². The van der Waals surface area contributed by atoms with Crippen molar-refractivity contribution in [3.8, 4) is 5.75 Å². The molecule has 0 aliphatic carbocycles. The van der Waals surface area contributed by atoms with Crippen molar-refractivity contribution in [1.82, 2.24) is 10.9 Å².